The van der Waals surface area contributed by atoms with Crippen molar-refractivity contribution in [1.82, 2.24) is 0 Å². The lowest BCUT2D eigenvalue weighted by molar-refractivity contribution is 0.117. The molecular formula is C11H28O3SSi2. The van der Waals surface area contributed by atoms with Gasteiger partial charge < -0.3 is 13.3 Å². The summed E-state index contributed by atoms with van der Waals surface area (Å²) in [6.45, 7) is 13.5. The van der Waals surface area contributed by atoms with Crippen molar-refractivity contribution >= 4 is 29.5 Å². The van der Waals surface area contributed by atoms with Gasteiger partial charge in [0.25, 0.3) is 0 Å². The van der Waals surface area contributed by atoms with Crippen LogP contribution >= 0.6 is 12.6 Å². The smallest absolute Gasteiger partial charge is 0.376 e. The Balaban J connectivity index is 5.67. The van der Waals surface area contributed by atoms with Crippen molar-refractivity contribution < 1.29 is 13.3 Å². The normalized spacial score (nSPS) is 18.0. The van der Waals surface area contributed by atoms with Crippen LogP contribution in [0.15, 0.2) is 0 Å². The molecule has 0 aromatic heterocycles. The highest BCUT2D eigenvalue weighted by atomic mass is 32.1. The Labute approximate surface area is 114 Å². The van der Waals surface area contributed by atoms with E-state index in [0.29, 0.717) is 0 Å². The highest BCUT2D eigenvalue weighted by Gasteiger charge is 2.65. The second kappa shape index (κ2) is 5.34. The van der Waals surface area contributed by atoms with Crippen molar-refractivity contribution in [3.8, 4) is 0 Å². The predicted molar refractivity (Wildman–Crippen MR) is 81.4 cm³/mol. The van der Waals surface area contributed by atoms with Crippen LogP contribution in [0.1, 0.15) is 27.7 Å². The Kier molecular flexibility index (Phi) is 5.55. The van der Waals surface area contributed by atoms with Crippen LogP contribution in [0.5, 0.6) is 0 Å². The van der Waals surface area contributed by atoms with E-state index < -0.39 is 16.9 Å². The third-order valence-electron chi connectivity index (χ3n) is 4.49. The van der Waals surface area contributed by atoms with E-state index in [-0.39, 0.29) is 9.03 Å². The first-order chi connectivity index (χ1) is 7.43. The van der Waals surface area contributed by atoms with E-state index in [1.807, 2.05) is 0 Å². The minimum atomic E-state index is -2.76. The molecule has 104 valence electrons. The zero-order valence-corrected chi connectivity index (χ0v) is 15.6. The van der Waals surface area contributed by atoms with Gasteiger partial charge in [-0.1, -0.05) is 33.9 Å². The van der Waals surface area contributed by atoms with Gasteiger partial charge in [0.1, 0.15) is 0 Å². The summed E-state index contributed by atoms with van der Waals surface area (Å²) >= 11 is 4.93. The van der Waals surface area contributed by atoms with E-state index in [2.05, 4.69) is 40.8 Å². The third kappa shape index (κ3) is 2.67. The fourth-order valence-electron chi connectivity index (χ4n) is 1.96. The zero-order chi connectivity index (χ0) is 14.1. The molecule has 0 rings (SSSR count). The molecule has 0 aromatic carbocycles. The molecule has 0 radical (unpaired) electrons. The first-order valence-corrected chi connectivity index (χ1v) is 11.0. The SMILES string of the molecule is CO[Si](OC)(OC)[C@@](C)(S)[Si](C)(C)C(C)(C)C. The second-order valence-corrected chi connectivity index (χ2v) is 17.4. The van der Waals surface area contributed by atoms with Crippen molar-refractivity contribution in [2.45, 2.75) is 49.8 Å². The van der Waals surface area contributed by atoms with Crippen molar-refractivity contribution in [3.63, 3.8) is 0 Å². The maximum absolute atomic E-state index is 5.64. The molecule has 0 aliphatic rings. The first kappa shape index (κ1) is 17.7. The van der Waals surface area contributed by atoms with E-state index in [1.54, 1.807) is 21.3 Å². The molecule has 0 bridgehead atoms. The molecule has 6 heteroatoms. The Morgan fingerprint density at radius 1 is 0.824 bits per heavy atom. The average Bonchev–Trinajstić information content (AvgIpc) is 2.19. The topological polar surface area (TPSA) is 27.7 Å². The fourth-order valence-corrected chi connectivity index (χ4v) is 12.0. The lowest BCUT2D eigenvalue weighted by Gasteiger charge is -2.52. The molecule has 0 fully saturated rings. The minimum absolute atomic E-state index is 0.192. The maximum atomic E-state index is 5.64. The molecule has 0 spiro atoms. The van der Waals surface area contributed by atoms with E-state index >= 15 is 0 Å². The number of thiol groups is 1. The van der Waals surface area contributed by atoms with Gasteiger partial charge in [-0.25, -0.2) is 0 Å². The highest BCUT2D eigenvalue weighted by Crippen LogP contribution is 2.49. The summed E-state index contributed by atoms with van der Waals surface area (Å²) in [5, 5.41) is 0.192. The van der Waals surface area contributed by atoms with Gasteiger partial charge in [-0.3, -0.25) is 0 Å². The second-order valence-electron chi connectivity index (χ2n) is 6.12. The minimum Gasteiger partial charge on any atom is -0.376 e. The molecule has 0 heterocycles. The van der Waals surface area contributed by atoms with Crippen LogP contribution in [-0.4, -0.2) is 42.2 Å². The first-order valence-electron chi connectivity index (χ1n) is 5.81. The van der Waals surface area contributed by atoms with Crippen LogP contribution in [-0.2, 0) is 13.3 Å². The highest BCUT2D eigenvalue weighted by molar-refractivity contribution is 7.86. The van der Waals surface area contributed by atoms with E-state index in [1.165, 1.54) is 0 Å². The summed E-state index contributed by atoms with van der Waals surface area (Å²) < 4.78 is 16.6. The van der Waals surface area contributed by atoms with Crippen LogP contribution in [0.4, 0.5) is 0 Å². The van der Waals surface area contributed by atoms with Gasteiger partial charge in [0.15, 0.2) is 0 Å². The molecule has 1 atom stereocenters. The van der Waals surface area contributed by atoms with Crippen LogP contribution in [0.2, 0.25) is 18.1 Å². The third-order valence-corrected chi connectivity index (χ3v) is 18.8. The molecule has 0 N–H and O–H groups in total. The van der Waals surface area contributed by atoms with Gasteiger partial charge in [-0.2, -0.15) is 12.6 Å². The summed E-state index contributed by atoms with van der Waals surface area (Å²) in [5.41, 5.74) is 0. The quantitative estimate of drug-likeness (QED) is 0.624. The van der Waals surface area contributed by atoms with E-state index in [4.69, 9.17) is 25.9 Å². The maximum Gasteiger partial charge on any atom is 0.513 e. The number of hydrogen-bond acceptors (Lipinski definition) is 4. The summed E-state index contributed by atoms with van der Waals surface area (Å²) in [6.07, 6.45) is 0. The largest absolute Gasteiger partial charge is 0.513 e. The molecular weight excluding hydrogens is 268 g/mol. The Morgan fingerprint density at radius 2 is 1.12 bits per heavy atom. The van der Waals surface area contributed by atoms with Crippen LogP contribution in [0.25, 0.3) is 0 Å². The van der Waals surface area contributed by atoms with Gasteiger partial charge in [0, 0.05) is 21.3 Å². The van der Waals surface area contributed by atoms with E-state index in [0.717, 1.165) is 0 Å². The molecule has 0 saturated carbocycles. The van der Waals surface area contributed by atoms with Gasteiger partial charge >= 0.3 is 8.80 Å². The summed E-state index contributed by atoms with van der Waals surface area (Å²) in [6, 6.07) is 0. The standard InChI is InChI=1S/C11H28O3SSi2/c1-10(2,3)16(8,9)11(4,15)17(12-5,13-6)14-7/h15H,1-9H3/t11-/m0/s1. The number of rotatable bonds is 5. The molecule has 0 unspecified atom stereocenters. The monoisotopic (exact) mass is 296 g/mol. The molecule has 0 aromatic rings. The van der Waals surface area contributed by atoms with E-state index in [9.17, 15) is 0 Å². The summed E-state index contributed by atoms with van der Waals surface area (Å²) in [7, 11) is 0.417. The molecule has 0 saturated heterocycles. The van der Waals surface area contributed by atoms with Crippen molar-refractivity contribution in [1.29, 1.82) is 0 Å². The average molecular weight is 297 g/mol. The Hall–Kier alpha value is 0.664. The predicted octanol–water partition coefficient (Wildman–Crippen LogP) is 3.14. The van der Waals surface area contributed by atoms with Crippen LogP contribution in [0, 0.1) is 0 Å². The molecule has 3 nitrogen and oxygen atoms in total. The van der Waals surface area contributed by atoms with Crippen molar-refractivity contribution in [2.24, 2.45) is 0 Å². The van der Waals surface area contributed by atoms with Gasteiger partial charge in [-0.15, -0.1) is 0 Å². The summed E-state index contributed by atoms with van der Waals surface area (Å²) in [4.78, 5) is 0. The zero-order valence-electron chi connectivity index (χ0n) is 12.7. The Morgan fingerprint density at radius 3 is 1.29 bits per heavy atom. The van der Waals surface area contributed by atoms with Gasteiger partial charge in [0.2, 0.25) is 0 Å². The Bertz CT molecular complexity index is 246. The number of hydrogen-bond donors (Lipinski definition) is 1. The molecule has 0 aliphatic carbocycles. The summed E-state index contributed by atoms with van der Waals surface area (Å²) in [5.74, 6) is 0. The van der Waals surface area contributed by atoms with Crippen LogP contribution in [0.3, 0.4) is 0 Å². The molecule has 0 amide bonds. The lowest BCUT2D eigenvalue weighted by atomic mass is 10.2. The van der Waals surface area contributed by atoms with Crippen molar-refractivity contribution in [3.05, 3.63) is 0 Å². The van der Waals surface area contributed by atoms with Crippen LogP contribution < -0.4 is 0 Å². The van der Waals surface area contributed by atoms with Gasteiger partial charge in [-0.05, 0) is 12.0 Å². The van der Waals surface area contributed by atoms with Crippen molar-refractivity contribution in [2.75, 3.05) is 21.3 Å². The molecule has 17 heavy (non-hydrogen) atoms. The lowest BCUT2D eigenvalue weighted by Crippen LogP contribution is -2.72. The van der Waals surface area contributed by atoms with Gasteiger partial charge in [0.05, 0.1) is 12.1 Å². The molecule has 0 aliphatic heterocycles. The fraction of sp³-hybridized carbons (Fsp3) is 1.00.